The maximum atomic E-state index is 12.7. The predicted octanol–water partition coefficient (Wildman–Crippen LogP) is 2.47. The number of H-pyrrole nitrogens is 1. The molecular formula is C12H14IN3O2S. The van der Waals surface area contributed by atoms with E-state index < -0.39 is 9.84 Å². The van der Waals surface area contributed by atoms with Gasteiger partial charge in [0, 0.05) is 3.57 Å². The Bertz CT molecular complexity index is 733. The number of benzene rings is 1. The first-order chi connectivity index (χ1) is 8.98. The highest BCUT2D eigenvalue weighted by molar-refractivity contribution is 14.1. The van der Waals surface area contributed by atoms with Gasteiger partial charge in [-0.25, -0.2) is 13.4 Å². The van der Waals surface area contributed by atoms with Gasteiger partial charge in [-0.15, -0.1) is 0 Å². The first kappa shape index (κ1) is 13.2. The lowest BCUT2D eigenvalue weighted by molar-refractivity contribution is 0.580. The standard InChI is InChI=1S/C12H14IN3O2S/c13-7-5-9-11(16-12(14)15-9)10(6-7)19(17,18)8-3-1-2-4-8/h5-6,8H,1-4H2,(H3,14,15,16). The van der Waals surface area contributed by atoms with E-state index in [0.29, 0.717) is 15.9 Å². The lowest BCUT2D eigenvalue weighted by atomic mass is 10.3. The van der Waals surface area contributed by atoms with Crippen LogP contribution in [0.1, 0.15) is 25.7 Å². The molecule has 1 aromatic heterocycles. The molecule has 1 aliphatic carbocycles. The number of rotatable bonds is 2. The lowest BCUT2D eigenvalue weighted by Crippen LogP contribution is -2.18. The molecule has 1 fully saturated rings. The summed E-state index contributed by atoms with van der Waals surface area (Å²) in [6, 6.07) is 3.55. The fraction of sp³-hybridized carbons (Fsp3) is 0.417. The van der Waals surface area contributed by atoms with Crippen LogP contribution in [0.5, 0.6) is 0 Å². The number of sulfone groups is 1. The van der Waals surface area contributed by atoms with Crippen molar-refractivity contribution in [2.45, 2.75) is 35.8 Å². The number of nitrogens with zero attached hydrogens (tertiary/aromatic N) is 1. The summed E-state index contributed by atoms with van der Waals surface area (Å²) in [6.45, 7) is 0. The van der Waals surface area contributed by atoms with Crippen LogP contribution in [0.15, 0.2) is 17.0 Å². The number of nitrogens with two attached hydrogens (primary N) is 1. The predicted molar refractivity (Wildman–Crippen MR) is 82.7 cm³/mol. The lowest BCUT2D eigenvalue weighted by Gasteiger charge is -2.11. The van der Waals surface area contributed by atoms with Crippen molar-refractivity contribution in [3.05, 3.63) is 15.7 Å². The van der Waals surface area contributed by atoms with E-state index in [0.717, 1.165) is 29.3 Å². The molecule has 0 radical (unpaired) electrons. The van der Waals surface area contributed by atoms with Crippen molar-refractivity contribution in [2.24, 2.45) is 0 Å². The van der Waals surface area contributed by atoms with Gasteiger partial charge in [-0.1, -0.05) is 12.8 Å². The Hall–Kier alpha value is -0.830. The zero-order valence-electron chi connectivity index (χ0n) is 10.2. The Morgan fingerprint density at radius 2 is 2.00 bits per heavy atom. The molecule has 102 valence electrons. The fourth-order valence-corrected chi connectivity index (χ4v) is 5.53. The van der Waals surface area contributed by atoms with E-state index >= 15 is 0 Å². The summed E-state index contributed by atoms with van der Waals surface area (Å²) in [5.74, 6) is 0.250. The quantitative estimate of drug-likeness (QED) is 0.770. The first-order valence-corrected chi connectivity index (χ1v) is 8.79. The summed E-state index contributed by atoms with van der Waals surface area (Å²) in [5.41, 5.74) is 6.79. The van der Waals surface area contributed by atoms with Crippen molar-refractivity contribution >= 4 is 49.4 Å². The number of halogens is 1. The molecule has 1 aromatic carbocycles. The third-order valence-corrected chi connectivity index (χ3v) is 6.48. The van der Waals surface area contributed by atoms with Crippen LogP contribution in [0.3, 0.4) is 0 Å². The minimum absolute atomic E-state index is 0.250. The summed E-state index contributed by atoms with van der Waals surface area (Å²) in [7, 11) is -3.32. The Kier molecular flexibility index (Phi) is 3.20. The molecule has 3 rings (SSSR count). The molecule has 1 aliphatic rings. The summed E-state index contributed by atoms with van der Waals surface area (Å²) in [5, 5.41) is -0.271. The van der Waals surface area contributed by atoms with Crippen LogP contribution in [-0.4, -0.2) is 23.6 Å². The highest BCUT2D eigenvalue weighted by Crippen LogP contribution is 2.33. The van der Waals surface area contributed by atoms with Crippen LogP contribution >= 0.6 is 22.6 Å². The normalized spacial score (nSPS) is 17.3. The van der Waals surface area contributed by atoms with Crippen LogP contribution in [0, 0.1) is 3.57 Å². The van der Waals surface area contributed by atoms with Crippen molar-refractivity contribution in [3.8, 4) is 0 Å². The zero-order valence-corrected chi connectivity index (χ0v) is 13.2. The van der Waals surface area contributed by atoms with E-state index in [1.54, 1.807) is 6.07 Å². The molecule has 19 heavy (non-hydrogen) atoms. The average Bonchev–Trinajstić information content (AvgIpc) is 2.95. The number of nitrogens with one attached hydrogen (secondary N) is 1. The largest absolute Gasteiger partial charge is 0.369 e. The number of nitrogen functional groups attached to an aromatic ring is 1. The molecule has 1 heterocycles. The highest BCUT2D eigenvalue weighted by Gasteiger charge is 2.32. The number of hydrogen-bond donors (Lipinski definition) is 2. The maximum absolute atomic E-state index is 12.7. The monoisotopic (exact) mass is 391 g/mol. The van der Waals surface area contributed by atoms with Gasteiger partial charge in [0.05, 0.1) is 15.7 Å². The van der Waals surface area contributed by atoms with Crippen molar-refractivity contribution in [1.82, 2.24) is 9.97 Å². The molecule has 0 aliphatic heterocycles. The van der Waals surface area contributed by atoms with Gasteiger partial charge in [0.2, 0.25) is 0 Å². The number of fused-ring (bicyclic) bond motifs is 1. The molecule has 0 amide bonds. The van der Waals surface area contributed by atoms with Gasteiger partial charge in [0.1, 0.15) is 5.52 Å². The Labute approximate surface area is 125 Å². The van der Waals surface area contributed by atoms with Gasteiger partial charge in [-0.05, 0) is 47.6 Å². The van der Waals surface area contributed by atoms with E-state index in [2.05, 4.69) is 32.6 Å². The van der Waals surface area contributed by atoms with E-state index in [4.69, 9.17) is 5.73 Å². The second kappa shape index (κ2) is 4.62. The summed E-state index contributed by atoms with van der Waals surface area (Å²) in [6.07, 6.45) is 3.46. The molecule has 0 bridgehead atoms. The maximum Gasteiger partial charge on any atom is 0.198 e. The SMILES string of the molecule is Nc1nc2c(S(=O)(=O)C3CCCC3)cc(I)cc2[nH]1. The molecular weight excluding hydrogens is 377 g/mol. The summed E-state index contributed by atoms with van der Waals surface area (Å²) < 4.78 is 26.3. The molecule has 7 heteroatoms. The van der Waals surface area contributed by atoms with Crippen LogP contribution in [-0.2, 0) is 9.84 Å². The minimum Gasteiger partial charge on any atom is -0.369 e. The van der Waals surface area contributed by atoms with Gasteiger partial charge < -0.3 is 10.7 Å². The van der Waals surface area contributed by atoms with Gasteiger partial charge in [-0.2, -0.15) is 0 Å². The Morgan fingerprint density at radius 1 is 1.32 bits per heavy atom. The van der Waals surface area contributed by atoms with Gasteiger partial charge in [0.15, 0.2) is 15.8 Å². The van der Waals surface area contributed by atoms with Crippen LogP contribution in [0.2, 0.25) is 0 Å². The van der Waals surface area contributed by atoms with Crippen LogP contribution < -0.4 is 5.73 Å². The smallest absolute Gasteiger partial charge is 0.198 e. The van der Waals surface area contributed by atoms with E-state index in [-0.39, 0.29) is 11.2 Å². The summed E-state index contributed by atoms with van der Waals surface area (Å²) >= 11 is 2.11. The Morgan fingerprint density at radius 3 is 2.68 bits per heavy atom. The molecule has 0 spiro atoms. The number of aromatic amines is 1. The number of anilines is 1. The minimum atomic E-state index is -3.32. The first-order valence-electron chi connectivity index (χ1n) is 6.17. The molecule has 3 N–H and O–H groups in total. The van der Waals surface area contributed by atoms with Crippen LogP contribution in [0.4, 0.5) is 5.95 Å². The second-order valence-corrected chi connectivity index (χ2v) is 8.32. The van der Waals surface area contributed by atoms with Gasteiger partial charge in [-0.3, -0.25) is 0 Å². The number of aromatic nitrogens is 2. The molecule has 0 atom stereocenters. The molecule has 5 nitrogen and oxygen atoms in total. The number of hydrogen-bond acceptors (Lipinski definition) is 4. The molecule has 0 saturated heterocycles. The molecule has 0 unspecified atom stereocenters. The van der Waals surface area contributed by atoms with Crippen molar-refractivity contribution in [2.75, 3.05) is 5.73 Å². The van der Waals surface area contributed by atoms with Crippen molar-refractivity contribution < 1.29 is 8.42 Å². The van der Waals surface area contributed by atoms with Gasteiger partial charge >= 0.3 is 0 Å². The van der Waals surface area contributed by atoms with E-state index in [9.17, 15) is 8.42 Å². The topological polar surface area (TPSA) is 88.8 Å². The van der Waals surface area contributed by atoms with E-state index in [1.165, 1.54) is 0 Å². The third-order valence-electron chi connectivity index (χ3n) is 3.58. The zero-order chi connectivity index (χ0) is 13.6. The van der Waals surface area contributed by atoms with Crippen molar-refractivity contribution in [3.63, 3.8) is 0 Å². The van der Waals surface area contributed by atoms with E-state index in [1.807, 2.05) is 6.07 Å². The second-order valence-electron chi connectivity index (χ2n) is 4.87. The Balaban J connectivity index is 2.23. The average molecular weight is 391 g/mol. The summed E-state index contributed by atoms with van der Waals surface area (Å²) in [4.78, 5) is 7.35. The molecule has 2 aromatic rings. The molecule has 1 saturated carbocycles. The highest BCUT2D eigenvalue weighted by atomic mass is 127. The van der Waals surface area contributed by atoms with Gasteiger partial charge in [0.25, 0.3) is 0 Å². The van der Waals surface area contributed by atoms with Crippen molar-refractivity contribution in [1.29, 1.82) is 0 Å². The van der Waals surface area contributed by atoms with Crippen LogP contribution in [0.25, 0.3) is 11.0 Å². The third kappa shape index (κ3) is 2.22. The number of imidazole rings is 1. The fourth-order valence-electron chi connectivity index (χ4n) is 2.67.